The summed E-state index contributed by atoms with van der Waals surface area (Å²) in [7, 11) is -1.54. The average Bonchev–Trinajstić information content (AvgIpc) is 3.02. The Bertz CT molecular complexity index is 752. The van der Waals surface area contributed by atoms with E-state index in [0.29, 0.717) is 25.1 Å². The molecule has 1 saturated heterocycles. The Kier molecular flexibility index (Phi) is 6.12. The van der Waals surface area contributed by atoms with Crippen LogP contribution in [0.15, 0.2) is 12.1 Å². The van der Waals surface area contributed by atoms with Gasteiger partial charge in [-0.2, -0.15) is 0 Å². The maximum atomic E-state index is 12.4. The normalized spacial score (nSPS) is 22.0. The molecule has 0 aromatic heterocycles. The maximum absolute atomic E-state index is 12.4. The Morgan fingerprint density at radius 1 is 1.25 bits per heavy atom. The van der Waals surface area contributed by atoms with Gasteiger partial charge in [0.05, 0.1) is 13.1 Å². The third-order valence-corrected chi connectivity index (χ3v) is 5.38. The Morgan fingerprint density at radius 2 is 1.96 bits per heavy atom. The Labute approximate surface area is 162 Å². The number of likely N-dealkylation sites (tertiary alicyclic amines) is 1. The minimum Gasteiger partial charge on any atom is -0.507 e. The zero-order chi connectivity index (χ0) is 20.4. The number of carboxylic acids is 1. The topological polar surface area (TPSA) is 154 Å². The number of hydrogen-bond acceptors (Lipinski definition) is 7. The predicted octanol–water partition coefficient (Wildman–Crippen LogP) is -0.177. The number of phenols is 1. The summed E-state index contributed by atoms with van der Waals surface area (Å²) in [4.78, 5) is 25.7. The van der Waals surface area contributed by atoms with Gasteiger partial charge in [0.1, 0.15) is 23.2 Å². The number of aromatic hydroxyl groups is 1. The van der Waals surface area contributed by atoms with Gasteiger partial charge < -0.3 is 35.6 Å². The van der Waals surface area contributed by atoms with Crippen molar-refractivity contribution in [1.82, 2.24) is 4.90 Å². The van der Waals surface area contributed by atoms with E-state index in [1.165, 1.54) is 12.1 Å². The van der Waals surface area contributed by atoms with Gasteiger partial charge in [0.2, 0.25) is 5.91 Å². The van der Waals surface area contributed by atoms with Gasteiger partial charge in [-0.25, -0.2) is 4.79 Å². The average molecular weight is 392 g/mol. The molecule has 3 rings (SSSR count). The summed E-state index contributed by atoms with van der Waals surface area (Å²) in [5.41, 5.74) is 5.79. The number of nitrogens with zero attached hydrogens (tertiary/aromatic N) is 1. The third kappa shape index (κ3) is 4.40. The molecule has 2 fully saturated rings. The first-order valence-electron chi connectivity index (χ1n) is 9.41. The summed E-state index contributed by atoms with van der Waals surface area (Å²) >= 11 is 0. The molecular formula is C18H25BN2O7. The minimum atomic E-state index is -1.54. The number of aryl methyl sites for hydroxylation is 1. The van der Waals surface area contributed by atoms with Crippen molar-refractivity contribution in [2.75, 3.05) is 13.1 Å². The lowest BCUT2D eigenvalue weighted by molar-refractivity contribution is -0.144. The molecule has 9 nitrogen and oxygen atoms in total. The van der Waals surface area contributed by atoms with Crippen molar-refractivity contribution in [3.63, 3.8) is 0 Å². The van der Waals surface area contributed by atoms with Crippen LogP contribution in [0.1, 0.15) is 35.2 Å². The van der Waals surface area contributed by atoms with Gasteiger partial charge in [-0.1, -0.05) is 6.07 Å². The van der Waals surface area contributed by atoms with Crippen molar-refractivity contribution >= 4 is 19.0 Å². The van der Waals surface area contributed by atoms with Gasteiger partial charge in [-0.3, -0.25) is 4.79 Å². The molecule has 1 heterocycles. The summed E-state index contributed by atoms with van der Waals surface area (Å²) in [6.45, 7) is 0.728. The van der Waals surface area contributed by atoms with Gasteiger partial charge in [-0.15, -0.1) is 0 Å². The molecule has 2 aliphatic rings. The largest absolute Gasteiger partial charge is 0.507 e. The van der Waals surface area contributed by atoms with E-state index in [1.807, 2.05) is 0 Å². The number of amides is 1. The fourth-order valence-electron chi connectivity index (χ4n) is 3.78. The summed E-state index contributed by atoms with van der Waals surface area (Å²) in [6, 6.07) is 3.03. The predicted molar refractivity (Wildman–Crippen MR) is 100 cm³/mol. The van der Waals surface area contributed by atoms with Crippen LogP contribution in [0.5, 0.6) is 11.5 Å². The molecule has 1 amide bonds. The minimum absolute atomic E-state index is 0.0262. The molecular weight excluding hydrogens is 367 g/mol. The SMILES string of the molecule is N[C@@H]1CC[C@H](C(=O)N2CC(Oc3ccc(CCB(O)O)c(O)c3C(=O)O)C2)C1. The fourth-order valence-corrected chi connectivity index (χ4v) is 3.78. The van der Waals surface area contributed by atoms with Crippen LogP contribution >= 0.6 is 0 Å². The molecule has 28 heavy (non-hydrogen) atoms. The first kappa shape index (κ1) is 20.4. The number of ether oxygens (including phenoxy) is 1. The lowest BCUT2D eigenvalue weighted by Gasteiger charge is -2.40. The van der Waals surface area contributed by atoms with Crippen LogP contribution in [0.25, 0.3) is 0 Å². The van der Waals surface area contributed by atoms with Crippen LogP contribution in [0.2, 0.25) is 6.32 Å². The number of carboxylic acid groups (broad SMARTS) is 1. The highest BCUT2D eigenvalue weighted by molar-refractivity contribution is 6.41. The van der Waals surface area contributed by atoms with Crippen LogP contribution in [0.3, 0.4) is 0 Å². The van der Waals surface area contributed by atoms with E-state index in [2.05, 4.69) is 0 Å². The molecule has 2 atom stereocenters. The van der Waals surface area contributed by atoms with E-state index in [1.54, 1.807) is 4.90 Å². The van der Waals surface area contributed by atoms with E-state index in [0.717, 1.165) is 12.8 Å². The molecule has 10 heteroatoms. The van der Waals surface area contributed by atoms with Crippen molar-refractivity contribution in [3.05, 3.63) is 23.3 Å². The van der Waals surface area contributed by atoms with Gasteiger partial charge in [0.25, 0.3) is 0 Å². The second-order valence-electron chi connectivity index (χ2n) is 7.52. The summed E-state index contributed by atoms with van der Waals surface area (Å²) in [5.74, 6) is -1.75. The Hall–Kier alpha value is -2.30. The highest BCUT2D eigenvalue weighted by atomic mass is 16.5. The van der Waals surface area contributed by atoms with Crippen LogP contribution < -0.4 is 10.5 Å². The Balaban J connectivity index is 1.62. The smallest absolute Gasteiger partial charge is 0.451 e. The van der Waals surface area contributed by atoms with Crippen LogP contribution in [0.4, 0.5) is 0 Å². The zero-order valence-corrected chi connectivity index (χ0v) is 15.5. The standard InChI is InChI=1S/C18H25BN2O7/c20-12-3-1-11(7-12)17(23)21-8-13(9-21)28-14-4-2-10(5-6-19(26)27)16(22)15(14)18(24)25/h2,4,11-13,22,26-27H,1,3,5-9,20H2,(H,24,25)/t11-,12+/m0/s1. The maximum Gasteiger partial charge on any atom is 0.451 e. The highest BCUT2D eigenvalue weighted by Gasteiger charge is 2.38. The lowest BCUT2D eigenvalue weighted by Crippen LogP contribution is -2.57. The number of carbonyl (C=O) groups is 2. The van der Waals surface area contributed by atoms with Gasteiger partial charge >= 0.3 is 13.1 Å². The molecule has 1 saturated carbocycles. The number of benzene rings is 1. The van der Waals surface area contributed by atoms with Crippen molar-refractivity contribution in [2.45, 2.75) is 44.1 Å². The molecule has 6 N–H and O–H groups in total. The number of hydrogen-bond donors (Lipinski definition) is 5. The molecule has 1 aromatic rings. The zero-order valence-electron chi connectivity index (χ0n) is 15.5. The molecule has 1 aliphatic carbocycles. The van der Waals surface area contributed by atoms with E-state index in [9.17, 15) is 19.8 Å². The van der Waals surface area contributed by atoms with Crippen LogP contribution in [-0.2, 0) is 11.2 Å². The number of nitrogens with two attached hydrogens (primary N) is 1. The van der Waals surface area contributed by atoms with E-state index in [4.69, 9.17) is 20.5 Å². The lowest BCUT2D eigenvalue weighted by atomic mass is 9.82. The van der Waals surface area contributed by atoms with Gasteiger partial charge in [0.15, 0.2) is 0 Å². The molecule has 0 spiro atoms. The molecule has 0 bridgehead atoms. The quantitative estimate of drug-likeness (QED) is 0.401. The first-order chi connectivity index (χ1) is 13.3. The Morgan fingerprint density at radius 3 is 2.54 bits per heavy atom. The molecule has 1 aromatic carbocycles. The first-order valence-corrected chi connectivity index (χ1v) is 9.41. The molecule has 1 aliphatic heterocycles. The number of carbonyl (C=O) groups excluding carboxylic acids is 1. The van der Waals surface area contributed by atoms with Gasteiger partial charge in [-0.05, 0) is 43.6 Å². The van der Waals surface area contributed by atoms with E-state index in [-0.39, 0.29) is 48.0 Å². The number of aromatic carboxylic acids is 1. The van der Waals surface area contributed by atoms with Crippen molar-refractivity contribution in [3.8, 4) is 11.5 Å². The second kappa shape index (κ2) is 8.38. The van der Waals surface area contributed by atoms with Crippen molar-refractivity contribution < 1.29 is 34.6 Å². The highest BCUT2D eigenvalue weighted by Crippen LogP contribution is 2.34. The molecule has 152 valence electrons. The summed E-state index contributed by atoms with van der Waals surface area (Å²) < 4.78 is 5.71. The van der Waals surface area contributed by atoms with Crippen LogP contribution in [0, 0.1) is 5.92 Å². The molecule has 0 radical (unpaired) electrons. The summed E-state index contributed by atoms with van der Waals surface area (Å²) in [5, 5.41) is 37.6. The van der Waals surface area contributed by atoms with Crippen molar-refractivity contribution in [1.29, 1.82) is 0 Å². The second-order valence-corrected chi connectivity index (χ2v) is 7.52. The van der Waals surface area contributed by atoms with Crippen molar-refractivity contribution in [2.24, 2.45) is 11.7 Å². The van der Waals surface area contributed by atoms with E-state index >= 15 is 0 Å². The summed E-state index contributed by atoms with van der Waals surface area (Å²) in [6.07, 6.45) is 2.08. The number of rotatable bonds is 7. The monoisotopic (exact) mass is 392 g/mol. The third-order valence-electron chi connectivity index (χ3n) is 5.38. The van der Waals surface area contributed by atoms with Crippen LogP contribution in [-0.4, -0.2) is 69.4 Å². The van der Waals surface area contributed by atoms with Gasteiger partial charge in [0, 0.05) is 12.0 Å². The van der Waals surface area contributed by atoms with E-state index < -0.39 is 18.8 Å². The fraction of sp³-hybridized carbons (Fsp3) is 0.556. The molecule has 0 unspecified atom stereocenters.